The van der Waals surface area contributed by atoms with Gasteiger partial charge in [-0.3, -0.25) is 9.69 Å². The van der Waals surface area contributed by atoms with E-state index in [2.05, 4.69) is 32.3 Å². The quantitative estimate of drug-likeness (QED) is 0.831. The van der Waals surface area contributed by atoms with Crippen LogP contribution in [0.25, 0.3) is 0 Å². The first-order valence-corrected chi connectivity index (χ1v) is 7.90. The number of hydrogen-bond donors (Lipinski definition) is 0. The number of hydrogen-bond acceptors (Lipinski definition) is 3. The minimum atomic E-state index is 0.473. The van der Waals surface area contributed by atoms with Crippen molar-refractivity contribution in [3.8, 4) is 0 Å². The molecule has 0 saturated carbocycles. The molecule has 0 N–H and O–H groups in total. The lowest BCUT2D eigenvalue weighted by Crippen LogP contribution is -2.51. The Bertz CT molecular complexity index is 415. The summed E-state index contributed by atoms with van der Waals surface area (Å²) in [4.78, 5) is 15.6. The molecule has 0 aromatic carbocycles. The Kier molecular flexibility index (Phi) is 3.37. The summed E-state index contributed by atoms with van der Waals surface area (Å²) in [6, 6.07) is 3.12. The SMILES string of the molecule is O=C1CC2CCCC(C1)N2Cc1sccc1Br. The van der Waals surface area contributed by atoms with Crippen molar-refractivity contribution in [1.82, 2.24) is 4.90 Å². The fraction of sp³-hybridized carbons (Fsp3) is 0.615. The molecular formula is C13H16BrNOS. The van der Waals surface area contributed by atoms with Gasteiger partial charge in [-0.1, -0.05) is 6.42 Å². The van der Waals surface area contributed by atoms with E-state index in [1.54, 1.807) is 0 Å². The van der Waals surface area contributed by atoms with Crippen LogP contribution in [0.1, 0.15) is 37.0 Å². The molecule has 2 nitrogen and oxygen atoms in total. The molecule has 17 heavy (non-hydrogen) atoms. The molecule has 2 aliphatic rings. The Hall–Kier alpha value is -0.190. The molecule has 0 aliphatic carbocycles. The lowest BCUT2D eigenvalue weighted by molar-refractivity contribution is -0.127. The molecule has 4 heteroatoms. The van der Waals surface area contributed by atoms with Gasteiger partial charge in [-0.15, -0.1) is 11.3 Å². The molecule has 0 radical (unpaired) electrons. The Morgan fingerprint density at radius 2 is 2.06 bits per heavy atom. The van der Waals surface area contributed by atoms with Gasteiger partial charge < -0.3 is 0 Å². The van der Waals surface area contributed by atoms with E-state index >= 15 is 0 Å². The zero-order chi connectivity index (χ0) is 11.8. The smallest absolute Gasteiger partial charge is 0.136 e. The summed E-state index contributed by atoms with van der Waals surface area (Å²) >= 11 is 5.41. The first-order valence-electron chi connectivity index (χ1n) is 6.23. The van der Waals surface area contributed by atoms with Crippen LogP contribution in [0.3, 0.4) is 0 Å². The number of carbonyl (C=O) groups is 1. The summed E-state index contributed by atoms with van der Waals surface area (Å²) in [7, 11) is 0. The topological polar surface area (TPSA) is 20.3 Å². The van der Waals surface area contributed by atoms with Gasteiger partial charge in [0.05, 0.1) is 0 Å². The van der Waals surface area contributed by atoms with E-state index in [9.17, 15) is 4.79 Å². The van der Waals surface area contributed by atoms with Crippen LogP contribution in [-0.2, 0) is 11.3 Å². The maximum atomic E-state index is 11.7. The highest BCUT2D eigenvalue weighted by atomic mass is 79.9. The van der Waals surface area contributed by atoms with E-state index in [1.165, 1.54) is 28.6 Å². The normalized spacial score (nSPS) is 29.6. The van der Waals surface area contributed by atoms with Crippen molar-refractivity contribution >= 4 is 33.0 Å². The van der Waals surface area contributed by atoms with Crippen LogP contribution in [0.4, 0.5) is 0 Å². The van der Waals surface area contributed by atoms with Gasteiger partial charge in [-0.25, -0.2) is 0 Å². The Labute approximate surface area is 114 Å². The maximum Gasteiger partial charge on any atom is 0.136 e. The molecule has 2 unspecified atom stereocenters. The number of Topliss-reactive ketones (excluding diaryl/α,β-unsaturated/α-hetero) is 1. The largest absolute Gasteiger partial charge is 0.300 e. The van der Waals surface area contributed by atoms with Crippen LogP contribution >= 0.6 is 27.3 Å². The van der Waals surface area contributed by atoms with Crippen molar-refractivity contribution in [2.45, 2.75) is 50.7 Å². The van der Waals surface area contributed by atoms with Gasteiger partial charge in [0.2, 0.25) is 0 Å². The molecule has 92 valence electrons. The van der Waals surface area contributed by atoms with Gasteiger partial charge in [0, 0.05) is 40.8 Å². The predicted molar refractivity (Wildman–Crippen MR) is 73.2 cm³/mol. The van der Waals surface area contributed by atoms with Gasteiger partial charge in [0.1, 0.15) is 5.78 Å². The summed E-state index contributed by atoms with van der Waals surface area (Å²) in [5.74, 6) is 0.473. The minimum Gasteiger partial charge on any atom is -0.300 e. The van der Waals surface area contributed by atoms with E-state index < -0.39 is 0 Å². The average Bonchev–Trinajstić information content (AvgIpc) is 2.66. The van der Waals surface area contributed by atoms with E-state index in [-0.39, 0.29) is 0 Å². The fourth-order valence-electron chi connectivity index (χ4n) is 3.13. The summed E-state index contributed by atoms with van der Waals surface area (Å²) < 4.78 is 1.22. The average molecular weight is 314 g/mol. The van der Waals surface area contributed by atoms with Crippen molar-refractivity contribution in [2.75, 3.05) is 0 Å². The second kappa shape index (κ2) is 4.82. The molecule has 0 amide bonds. The third-order valence-electron chi connectivity index (χ3n) is 3.96. The van der Waals surface area contributed by atoms with Crippen LogP contribution in [0.5, 0.6) is 0 Å². The number of piperidine rings is 2. The highest BCUT2D eigenvalue weighted by Crippen LogP contribution is 2.35. The zero-order valence-corrected chi connectivity index (χ0v) is 12.1. The van der Waals surface area contributed by atoms with Crippen molar-refractivity contribution in [2.24, 2.45) is 0 Å². The lowest BCUT2D eigenvalue weighted by atomic mass is 9.84. The first kappa shape index (κ1) is 11.9. The number of ketones is 1. The third kappa shape index (κ3) is 2.35. The lowest BCUT2D eigenvalue weighted by Gasteiger charge is -2.45. The molecular weight excluding hydrogens is 298 g/mol. The van der Waals surface area contributed by atoms with Crippen LogP contribution in [0.15, 0.2) is 15.9 Å². The van der Waals surface area contributed by atoms with Crippen molar-refractivity contribution in [1.29, 1.82) is 0 Å². The minimum absolute atomic E-state index is 0.473. The maximum absolute atomic E-state index is 11.7. The second-order valence-electron chi connectivity index (χ2n) is 5.05. The molecule has 0 spiro atoms. The highest BCUT2D eigenvalue weighted by molar-refractivity contribution is 9.10. The first-order chi connectivity index (χ1) is 8.24. The van der Waals surface area contributed by atoms with Gasteiger partial charge in [0.25, 0.3) is 0 Å². The Morgan fingerprint density at radius 3 is 2.65 bits per heavy atom. The molecule has 2 fully saturated rings. The van der Waals surface area contributed by atoms with Gasteiger partial charge >= 0.3 is 0 Å². The molecule has 1 aromatic heterocycles. The monoisotopic (exact) mass is 313 g/mol. The summed E-state index contributed by atoms with van der Waals surface area (Å²) in [5, 5.41) is 2.13. The predicted octanol–water partition coefficient (Wildman–Crippen LogP) is 3.60. The third-order valence-corrected chi connectivity index (χ3v) is 5.87. The second-order valence-corrected chi connectivity index (χ2v) is 6.90. The van der Waals surface area contributed by atoms with Gasteiger partial charge in [-0.2, -0.15) is 0 Å². The highest BCUT2D eigenvalue weighted by Gasteiger charge is 2.37. The Morgan fingerprint density at radius 1 is 1.35 bits per heavy atom. The van der Waals surface area contributed by atoms with E-state index in [0.29, 0.717) is 17.9 Å². The molecule has 3 heterocycles. The number of halogens is 1. The molecule has 2 atom stereocenters. The van der Waals surface area contributed by atoms with E-state index in [0.717, 1.165) is 19.4 Å². The standard InChI is InChI=1S/C13H16BrNOS/c14-12-4-5-17-13(12)8-15-9-2-1-3-10(15)7-11(16)6-9/h4-5,9-10H,1-3,6-8H2. The van der Waals surface area contributed by atoms with Crippen LogP contribution < -0.4 is 0 Å². The Balaban J connectivity index is 1.78. The summed E-state index contributed by atoms with van der Waals surface area (Å²) in [5.41, 5.74) is 0. The molecule has 2 aliphatic heterocycles. The zero-order valence-electron chi connectivity index (χ0n) is 9.69. The number of fused-ring (bicyclic) bond motifs is 2. The molecule has 2 bridgehead atoms. The number of carbonyl (C=O) groups excluding carboxylic acids is 1. The van der Waals surface area contributed by atoms with Crippen LogP contribution in [0.2, 0.25) is 0 Å². The van der Waals surface area contributed by atoms with Crippen molar-refractivity contribution in [3.05, 3.63) is 20.8 Å². The fourth-order valence-corrected chi connectivity index (χ4v) is 4.61. The molecule has 3 rings (SSSR count). The van der Waals surface area contributed by atoms with Crippen molar-refractivity contribution in [3.63, 3.8) is 0 Å². The molecule has 2 saturated heterocycles. The van der Waals surface area contributed by atoms with Gasteiger partial charge in [-0.05, 0) is 40.2 Å². The summed E-state index contributed by atoms with van der Waals surface area (Å²) in [6.07, 6.45) is 5.25. The number of rotatable bonds is 2. The van der Waals surface area contributed by atoms with Crippen molar-refractivity contribution < 1.29 is 4.79 Å². The molecule has 1 aromatic rings. The van der Waals surface area contributed by atoms with E-state index in [1.807, 2.05) is 11.3 Å². The number of thiophene rings is 1. The van der Waals surface area contributed by atoms with Gasteiger partial charge in [0.15, 0.2) is 0 Å². The van der Waals surface area contributed by atoms with Crippen LogP contribution in [-0.4, -0.2) is 22.8 Å². The van der Waals surface area contributed by atoms with Crippen LogP contribution in [0, 0.1) is 0 Å². The number of nitrogens with zero attached hydrogens (tertiary/aromatic N) is 1. The summed E-state index contributed by atoms with van der Waals surface area (Å²) in [6.45, 7) is 1.01. The van der Waals surface area contributed by atoms with E-state index in [4.69, 9.17) is 0 Å².